The summed E-state index contributed by atoms with van der Waals surface area (Å²) in [4.78, 5) is 37.5. The summed E-state index contributed by atoms with van der Waals surface area (Å²) in [6, 6.07) is 2.64. The van der Waals surface area contributed by atoms with Crippen LogP contribution >= 0.6 is 0 Å². The van der Waals surface area contributed by atoms with E-state index < -0.39 is 5.82 Å². The van der Waals surface area contributed by atoms with Gasteiger partial charge in [0.15, 0.2) is 0 Å². The fourth-order valence-electron chi connectivity index (χ4n) is 6.09. The third kappa shape index (κ3) is 3.36. The quantitative estimate of drug-likeness (QED) is 0.828. The Morgan fingerprint density at radius 3 is 2.10 bits per heavy atom. The lowest BCUT2D eigenvalue weighted by atomic mass is 9.49. The van der Waals surface area contributed by atoms with E-state index in [-0.39, 0.29) is 28.6 Å². The summed E-state index contributed by atoms with van der Waals surface area (Å²) in [5.41, 5.74) is -0.202. The van der Waals surface area contributed by atoms with Gasteiger partial charge in [0.1, 0.15) is 17.2 Å². The number of carbonyl (C=O) groups is 2. The predicted molar refractivity (Wildman–Crippen MR) is 101 cm³/mol. The van der Waals surface area contributed by atoms with Gasteiger partial charge >= 0.3 is 0 Å². The third-order valence-electron chi connectivity index (χ3n) is 6.57. The Morgan fingerprint density at radius 2 is 1.55 bits per heavy atom. The lowest BCUT2D eigenvalue weighted by Gasteiger charge is -2.62. The van der Waals surface area contributed by atoms with Crippen molar-refractivity contribution in [2.75, 3.05) is 0 Å². The zero-order chi connectivity index (χ0) is 20.1. The Morgan fingerprint density at radius 1 is 0.897 bits per heavy atom. The SMILES string of the molecule is O=C(NC12CC3CC(C1)CC(NC(=O)c1cnccn1)(C3)C2)c1ccc(F)cn1. The van der Waals surface area contributed by atoms with Gasteiger partial charge in [-0.15, -0.1) is 0 Å². The average molecular weight is 395 g/mol. The average Bonchev–Trinajstić information content (AvgIpc) is 2.67. The summed E-state index contributed by atoms with van der Waals surface area (Å²) in [5, 5.41) is 6.42. The van der Waals surface area contributed by atoms with Gasteiger partial charge in [-0.2, -0.15) is 0 Å². The van der Waals surface area contributed by atoms with Crippen molar-refractivity contribution < 1.29 is 14.0 Å². The van der Waals surface area contributed by atoms with Crippen LogP contribution in [0.1, 0.15) is 59.5 Å². The van der Waals surface area contributed by atoms with Gasteiger partial charge in [0.25, 0.3) is 11.8 Å². The number of rotatable bonds is 4. The van der Waals surface area contributed by atoms with E-state index in [0.717, 1.165) is 38.3 Å². The minimum atomic E-state index is -0.470. The summed E-state index contributed by atoms with van der Waals surface area (Å²) >= 11 is 0. The molecule has 2 N–H and O–H groups in total. The molecular formula is C21H22FN5O2. The predicted octanol–water partition coefficient (Wildman–Crippen LogP) is 2.26. The molecule has 2 unspecified atom stereocenters. The molecule has 4 aliphatic rings. The fourth-order valence-corrected chi connectivity index (χ4v) is 6.09. The molecule has 8 heteroatoms. The molecule has 7 nitrogen and oxygen atoms in total. The maximum atomic E-state index is 13.1. The molecule has 4 bridgehead atoms. The molecule has 150 valence electrons. The maximum absolute atomic E-state index is 13.1. The summed E-state index contributed by atoms with van der Waals surface area (Å²) in [5.74, 6) is -0.0640. The van der Waals surface area contributed by atoms with Crippen molar-refractivity contribution >= 4 is 11.8 Å². The second kappa shape index (κ2) is 6.57. The van der Waals surface area contributed by atoms with Gasteiger partial charge in [0.05, 0.1) is 12.4 Å². The van der Waals surface area contributed by atoms with Crippen LogP contribution in [0.15, 0.2) is 36.9 Å². The van der Waals surface area contributed by atoms with Crippen molar-refractivity contribution in [1.29, 1.82) is 0 Å². The largest absolute Gasteiger partial charge is 0.345 e. The smallest absolute Gasteiger partial charge is 0.271 e. The molecule has 2 atom stereocenters. The summed E-state index contributed by atoms with van der Waals surface area (Å²) in [7, 11) is 0. The van der Waals surface area contributed by atoms with Crippen LogP contribution in [0.2, 0.25) is 0 Å². The van der Waals surface area contributed by atoms with Gasteiger partial charge in [-0.25, -0.2) is 14.4 Å². The second-order valence-electron chi connectivity index (χ2n) is 8.88. The Kier molecular flexibility index (Phi) is 4.11. The molecule has 2 aromatic rings. The van der Waals surface area contributed by atoms with Crippen LogP contribution in [0.4, 0.5) is 4.39 Å². The molecule has 4 saturated carbocycles. The molecule has 0 radical (unpaired) electrons. The number of nitrogens with one attached hydrogen (secondary N) is 2. The first kappa shape index (κ1) is 18.1. The van der Waals surface area contributed by atoms with Crippen molar-refractivity contribution in [2.24, 2.45) is 11.8 Å². The van der Waals surface area contributed by atoms with Crippen LogP contribution in [0.5, 0.6) is 0 Å². The van der Waals surface area contributed by atoms with Gasteiger partial charge in [0, 0.05) is 23.5 Å². The van der Waals surface area contributed by atoms with Crippen LogP contribution < -0.4 is 10.6 Å². The number of halogens is 1. The van der Waals surface area contributed by atoms with Crippen LogP contribution in [0, 0.1) is 17.7 Å². The number of hydrogen-bond donors (Lipinski definition) is 2. The van der Waals surface area contributed by atoms with Gasteiger partial charge in [0.2, 0.25) is 0 Å². The Hall–Kier alpha value is -2.90. The Balaban J connectivity index is 1.37. The summed E-state index contributed by atoms with van der Waals surface area (Å²) in [6.07, 6.45) is 11.0. The van der Waals surface area contributed by atoms with Gasteiger partial charge in [-0.1, -0.05) is 0 Å². The van der Waals surface area contributed by atoms with E-state index in [9.17, 15) is 14.0 Å². The van der Waals surface area contributed by atoms with Crippen molar-refractivity contribution in [1.82, 2.24) is 25.6 Å². The monoisotopic (exact) mass is 395 g/mol. The molecule has 0 spiro atoms. The van der Waals surface area contributed by atoms with Crippen LogP contribution in [0.25, 0.3) is 0 Å². The minimum absolute atomic E-state index is 0.208. The lowest BCUT2D eigenvalue weighted by molar-refractivity contribution is -0.0449. The number of carbonyl (C=O) groups excluding carboxylic acids is 2. The first-order chi connectivity index (χ1) is 13.9. The van der Waals surface area contributed by atoms with E-state index in [1.807, 2.05) is 0 Å². The molecule has 0 aliphatic heterocycles. The van der Waals surface area contributed by atoms with E-state index in [1.54, 1.807) is 0 Å². The topological polar surface area (TPSA) is 96.9 Å². The highest BCUT2D eigenvalue weighted by Crippen LogP contribution is 2.57. The number of pyridine rings is 1. The van der Waals surface area contributed by atoms with Crippen LogP contribution in [0.3, 0.4) is 0 Å². The van der Waals surface area contributed by atoms with E-state index in [1.165, 1.54) is 30.7 Å². The third-order valence-corrected chi connectivity index (χ3v) is 6.57. The molecule has 0 saturated heterocycles. The summed E-state index contributed by atoms with van der Waals surface area (Å²) < 4.78 is 13.1. The van der Waals surface area contributed by atoms with Crippen molar-refractivity contribution in [3.8, 4) is 0 Å². The van der Waals surface area contributed by atoms with Gasteiger partial charge in [-0.05, 0) is 62.5 Å². The molecule has 6 rings (SSSR count). The number of hydrogen-bond acceptors (Lipinski definition) is 5. The summed E-state index contributed by atoms with van der Waals surface area (Å²) in [6.45, 7) is 0. The lowest BCUT2D eigenvalue weighted by Crippen LogP contribution is -2.69. The van der Waals surface area contributed by atoms with Crippen molar-refractivity contribution in [3.63, 3.8) is 0 Å². The molecule has 29 heavy (non-hydrogen) atoms. The van der Waals surface area contributed by atoms with E-state index in [2.05, 4.69) is 25.6 Å². The highest BCUT2D eigenvalue weighted by atomic mass is 19.1. The molecule has 2 amide bonds. The molecule has 4 aliphatic carbocycles. The number of amides is 2. The number of aromatic nitrogens is 3. The molecule has 4 fully saturated rings. The minimum Gasteiger partial charge on any atom is -0.345 e. The highest BCUT2D eigenvalue weighted by Gasteiger charge is 2.58. The highest BCUT2D eigenvalue weighted by molar-refractivity contribution is 5.93. The second-order valence-corrected chi connectivity index (χ2v) is 8.88. The zero-order valence-electron chi connectivity index (χ0n) is 15.9. The molecular weight excluding hydrogens is 373 g/mol. The number of nitrogens with zero attached hydrogens (tertiary/aromatic N) is 3. The normalized spacial score (nSPS) is 32.0. The molecule has 2 heterocycles. The van der Waals surface area contributed by atoms with E-state index >= 15 is 0 Å². The van der Waals surface area contributed by atoms with Crippen LogP contribution in [-0.2, 0) is 0 Å². The fraction of sp³-hybridized carbons (Fsp3) is 0.476. The van der Waals surface area contributed by atoms with Crippen LogP contribution in [-0.4, -0.2) is 37.8 Å². The van der Waals surface area contributed by atoms with Gasteiger partial charge < -0.3 is 10.6 Å². The van der Waals surface area contributed by atoms with E-state index in [4.69, 9.17) is 0 Å². The molecule has 0 aromatic carbocycles. The van der Waals surface area contributed by atoms with E-state index in [0.29, 0.717) is 24.0 Å². The maximum Gasteiger partial charge on any atom is 0.271 e. The van der Waals surface area contributed by atoms with Crippen molar-refractivity contribution in [2.45, 2.75) is 49.6 Å². The van der Waals surface area contributed by atoms with Crippen molar-refractivity contribution in [3.05, 3.63) is 54.1 Å². The van der Waals surface area contributed by atoms with Gasteiger partial charge in [-0.3, -0.25) is 14.6 Å². The first-order valence-electron chi connectivity index (χ1n) is 9.97. The molecule has 2 aromatic heterocycles. The standard InChI is InChI=1S/C21H22FN5O2/c22-15-1-2-16(25-10-15)18(28)26-20-6-13-5-14(7-20)9-21(8-13,12-20)27-19(29)17-11-23-3-4-24-17/h1-4,10-11,13-14H,5-9,12H2,(H,26,28)(H,27,29). The Bertz CT molecular complexity index is 935. The first-order valence-corrected chi connectivity index (χ1v) is 9.97. The Labute approximate surface area is 167 Å². The zero-order valence-corrected chi connectivity index (χ0v) is 15.9.